The lowest BCUT2D eigenvalue weighted by Crippen LogP contribution is -2.46. The van der Waals surface area contributed by atoms with Crippen molar-refractivity contribution in [1.82, 2.24) is 14.6 Å². The average molecular weight is 241 g/mol. The highest BCUT2D eigenvalue weighted by molar-refractivity contribution is 7.08. The van der Waals surface area contributed by atoms with Crippen molar-refractivity contribution in [3.8, 4) is 0 Å². The lowest BCUT2D eigenvalue weighted by atomic mass is 10.3. The summed E-state index contributed by atoms with van der Waals surface area (Å²) in [4.78, 5) is 24.6. The molecule has 2 rings (SSSR count). The van der Waals surface area contributed by atoms with E-state index in [0.29, 0.717) is 18.0 Å². The van der Waals surface area contributed by atoms with Gasteiger partial charge in [-0.25, -0.2) is 4.79 Å². The van der Waals surface area contributed by atoms with Crippen molar-refractivity contribution in [3.05, 3.63) is 16.6 Å². The molecule has 0 atom stereocenters. The minimum atomic E-state index is -1.10. The zero-order chi connectivity index (χ0) is 11.5. The van der Waals surface area contributed by atoms with Gasteiger partial charge in [0.15, 0.2) is 5.69 Å². The number of rotatable bonds is 2. The SMILES string of the molecule is O=C(O)c1cc(C(=O)N2CCNCC2)sn1. The molecule has 1 saturated heterocycles. The fourth-order valence-electron chi connectivity index (χ4n) is 1.50. The lowest BCUT2D eigenvalue weighted by Gasteiger charge is -2.26. The van der Waals surface area contributed by atoms with Crippen molar-refractivity contribution in [3.63, 3.8) is 0 Å². The molecule has 0 radical (unpaired) electrons. The van der Waals surface area contributed by atoms with Gasteiger partial charge < -0.3 is 15.3 Å². The largest absolute Gasteiger partial charge is 0.476 e. The standard InChI is InChI=1S/C9H11N3O3S/c13-8(12-3-1-10-2-4-12)7-5-6(9(14)15)11-16-7/h5,10H,1-4H2,(H,14,15). The Labute approximate surface area is 96.0 Å². The molecule has 1 aliphatic rings. The number of carboxylic acid groups (broad SMARTS) is 1. The molecule has 2 heterocycles. The molecule has 1 amide bonds. The number of amides is 1. The summed E-state index contributed by atoms with van der Waals surface area (Å²) in [6, 6.07) is 1.33. The number of carbonyl (C=O) groups excluding carboxylic acids is 1. The smallest absolute Gasteiger partial charge is 0.355 e. The van der Waals surface area contributed by atoms with E-state index in [0.717, 1.165) is 24.6 Å². The van der Waals surface area contributed by atoms with Crippen LogP contribution < -0.4 is 5.32 Å². The topological polar surface area (TPSA) is 82.5 Å². The summed E-state index contributed by atoms with van der Waals surface area (Å²) >= 11 is 0.937. The summed E-state index contributed by atoms with van der Waals surface area (Å²) in [7, 11) is 0. The van der Waals surface area contributed by atoms with Crippen molar-refractivity contribution in [2.45, 2.75) is 0 Å². The molecule has 2 N–H and O–H groups in total. The van der Waals surface area contributed by atoms with Crippen molar-refractivity contribution >= 4 is 23.4 Å². The second-order valence-corrected chi connectivity index (χ2v) is 4.23. The van der Waals surface area contributed by atoms with Crippen molar-refractivity contribution < 1.29 is 14.7 Å². The Kier molecular flexibility index (Phi) is 3.16. The first-order valence-corrected chi connectivity index (χ1v) is 5.66. The van der Waals surface area contributed by atoms with Crippen LogP contribution in [0.4, 0.5) is 0 Å². The van der Waals surface area contributed by atoms with Gasteiger partial charge in [-0.1, -0.05) is 0 Å². The Hall–Kier alpha value is -1.47. The van der Waals surface area contributed by atoms with Crippen molar-refractivity contribution in [2.24, 2.45) is 0 Å². The first-order chi connectivity index (χ1) is 7.68. The molecule has 0 bridgehead atoms. The maximum Gasteiger partial charge on any atom is 0.355 e. The normalized spacial score (nSPS) is 16.1. The molecule has 1 fully saturated rings. The number of aromatic nitrogens is 1. The average Bonchev–Trinajstić information content (AvgIpc) is 2.78. The Bertz CT molecular complexity index is 412. The third-order valence-electron chi connectivity index (χ3n) is 2.34. The van der Waals surface area contributed by atoms with Crippen LogP contribution in [0.15, 0.2) is 6.07 Å². The first kappa shape index (κ1) is 11.0. The number of hydrogen-bond donors (Lipinski definition) is 2. The highest BCUT2D eigenvalue weighted by Gasteiger charge is 2.21. The van der Waals surface area contributed by atoms with E-state index in [1.54, 1.807) is 4.90 Å². The number of carboxylic acids is 1. The molecule has 0 aliphatic carbocycles. The van der Waals surface area contributed by atoms with Gasteiger partial charge in [0.05, 0.1) is 0 Å². The van der Waals surface area contributed by atoms with Crippen LogP contribution in [0.3, 0.4) is 0 Å². The van der Waals surface area contributed by atoms with Crippen LogP contribution in [0.5, 0.6) is 0 Å². The summed E-state index contributed by atoms with van der Waals surface area (Å²) in [6.07, 6.45) is 0. The second kappa shape index (κ2) is 4.58. The molecule has 1 aliphatic heterocycles. The number of nitrogens with zero attached hydrogens (tertiary/aromatic N) is 2. The molecule has 7 heteroatoms. The van der Waals surface area contributed by atoms with Crippen LogP contribution in [0.1, 0.15) is 20.2 Å². The lowest BCUT2D eigenvalue weighted by molar-refractivity contribution is 0.0692. The Morgan fingerprint density at radius 3 is 2.69 bits per heavy atom. The molecule has 0 saturated carbocycles. The minimum Gasteiger partial charge on any atom is -0.476 e. The monoisotopic (exact) mass is 241 g/mol. The summed E-state index contributed by atoms with van der Waals surface area (Å²) in [5, 5.41) is 11.8. The molecule has 0 unspecified atom stereocenters. The number of carbonyl (C=O) groups is 2. The first-order valence-electron chi connectivity index (χ1n) is 4.88. The van der Waals surface area contributed by atoms with Gasteiger partial charge in [0.2, 0.25) is 0 Å². The van der Waals surface area contributed by atoms with E-state index in [9.17, 15) is 9.59 Å². The van der Waals surface area contributed by atoms with Gasteiger partial charge in [-0.15, -0.1) is 0 Å². The molecular weight excluding hydrogens is 230 g/mol. The van der Waals surface area contributed by atoms with Gasteiger partial charge in [-0.05, 0) is 17.6 Å². The van der Waals surface area contributed by atoms with Gasteiger partial charge in [-0.3, -0.25) is 4.79 Å². The van der Waals surface area contributed by atoms with Crippen LogP contribution in [0, 0.1) is 0 Å². The summed E-state index contributed by atoms with van der Waals surface area (Å²) in [5.41, 5.74) is -0.0662. The molecular formula is C9H11N3O3S. The third-order valence-corrected chi connectivity index (χ3v) is 3.12. The molecule has 16 heavy (non-hydrogen) atoms. The molecule has 6 nitrogen and oxygen atoms in total. The van der Waals surface area contributed by atoms with Gasteiger partial charge in [0.25, 0.3) is 5.91 Å². The van der Waals surface area contributed by atoms with Gasteiger partial charge in [0.1, 0.15) is 4.88 Å². The zero-order valence-corrected chi connectivity index (χ0v) is 9.29. The molecule has 0 aromatic carbocycles. The Balaban J connectivity index is 2.10. The zero-order valence-electron chi connectivity index (χ0n) is 8.47. The van der Waals surface area contributed by atoms with Gasteiger partial charge >= 0.3 is 5.97 Å². The highest BCUT2D eigenvalue weighted by Crippen LogP contribution is 2.13. The maximum absolute atomic E-state index is 11.9. The maximum atomic E-state index is 11.9. The third kappa shape index (κ3) is 2.20. The van der Waals surface area contributed by atoms with Crippen molar-refractivity contribution in [1.29, 1.82) is 0 Å². The highest BCUT2D eigenvalue weighted by atomic mass is 32.1. The second-order valence-electron chi connectivity index (χ2n) is 3.42. The Morgan fingerprint density at radius 1 is 1.44 bits per heavy atom. The van der Waals surface area contributed by atoms with E-state index in [2.05, 4.69) is 9.69 Å². The minimum absolute atomic E-state index is 0.0662. The van der Waals surface area contributed by atoms with E-state index in [-0.39, 0.29) is 11.6 Å². The molecule has 1 aromatic rings. The number of piperazine rings is 1. The fourth-order valence-corrected chi connectivity index (χ4v) is 2.20. The predicted molar refractivity (Wildman–Crippen MR) is 57.8 cm³/mol. The number of aromatic carboxylic acids is 1. The fraction of sp³-hybridized carbons (Fsp3) is 0.444. The van der Waals surface area contributed by atoms with Crippen LogP contribution in [0.25, 0.3) is 0 Å². The summed E-state index contributed by atoms with van der Waals surface area (Å²) in [6.45, 7) is 2.85. The molecule has 1 aromatic heterocycles. The predicted octanol–water partition coefficient (Wildman–Crippen LogP) is -0.113. The molecule has 0 spiro atoms. The van der Waals surface area contributed by atoms with E-state index in [4.69, 9.17) is 5.11 Å². The van der Waals surface area contributed by atoms with E-state index >= 15 is 0 Å². The quantitative estimate of drug-likeness (QED) is 0.754. The van der Waals surface area contributed by atoms with E-state index in [1.807, 2.05) is 0 Å². The van der Waals surface area contributed by atoms with Gasteiger partial charge in [0, 0.05) is 26.2 Å². The number of hydrogen-bond acceptors (Lipinski definition) is 5. The van der Waals surface area contributed by atoms with Gasteiger partial charge in [-0.2, -0.15) is 4.37 Å². The van der Waals surface area contributed by atoms with Crippen LogP contribution in [0.2, 0.25) is 0 Å². The van der Waals surface area contributed by atoms with Crippen LogP contribution >= 0.6 is 11.5 Å². The van der Waals surface area contributed by atoms with E-state index in [1.165, 1.54) is 6.07 Å². The Morgan fingerprint density at radius 2 is 2.12 bits per heavy atom. The van der Waals surface area contributed by atoms with Crippen LogP contribution in [-0.4, -0.2) is 52.4 Å². The van der Waals surface area contributed by atoms with Crippen LogP contribution in [-0.2, 0) is 0 Å². The van der Waals surface area contributed by atoms with E-state index < -0.39 is 5.97 Å². The summed E-state index contributed by atoms with van der Waals surface area (Å²) < 4.78 is 3.71. The number of nitrogens with one attached hydrogen (secondary N) is 1. The summed E-state index contributed by atoms with van der Waals surface area (Å²) in [5.74, 6) is -1.23. The van der Waals surface area contributed by atoms with Crippen molar-refractivity contribution in [2.75, 3.05) is 26.2 Å². The molecule has 86 valence electrons.